The van der Waals surface area contributed by atoms with Crippen molar-refractivity contribution in [2.75, 3.05) is 6.61 Å². The molecular weight excluding hydrogens is 279 g/mol. The van der Waals surface area contributed by atoms with Crippen molar-refractivity contribution in [2.24, 2.45) is 0 Å². The smallest absolute Gasteiger partial charge is 0.328 e. The van der Waals surface area contributed by atoms with E-state index in [1.54, 1.807) is 6.92 Å². The highest BCUT2D eigenvalue weighted by molar-refractivity contribution is 9.10. The van der Waals surface area contributed by atoms with Crippen LogP contribution in [0.4, 0.5) is 0 Å². The number of ether oxygens (including phenoxy) is 1. The number of aryl methyl sites for hydroxylation is 1. The van der Waals surface area contributed by atoms with Gasteiger partial charge in [0.05, 0.1) is 6.61 Å². The molecule has 2 nitrogen and oxygen atoms in total. The summed E-state index contributed by atoms with van der Waals surface area (Å²) in [7, 11) is 0. The lowest BCUT2D eigenvalue weighted by Gasteiger charge is -2.10. The molecule has 1 unspecified atom stereocenters. The van der Waals surface area contributed by atoms with Crippen molar-refractivity contribution in [1.29, 1.82) is 0 Å². The topological polar surface area (TPSA) is 26.3 Å². The summed E-state index contributed by atoms with van der Waals surface area (Å²) in [6.07, 6.45) is 0. The number of alkyl halides is 1. The normalized spacial score (nSPS) is 12.3. The van der Waals surface area contributed by atoms with Crippen LogP contribution in [0.1, 0.15) is 23.4 Å². The second kappa shape index (κ2) is 5.52. The Kier molecular flexibility index (Phi) is 4.61. The van der Waals surface area contributed by atoms with Gasteiger partial charge in [0.1, 0.15) is 0 Å². The fraction of sp³-hybridized carbons (Fsp3) is 0.364. The number of benzene rings is 1. The largest absolute Gasteiger partial charge is 0.465 e. The number of hydrogen-bond acceptors (Lipinski definition) is 2. The molecule has 0 saturated heterocycles. The molecule has 0 aliphatic heterocycles. The molecule has 0 spiro atoms. The average molecular weight is 292 g/mol. The second-order valence-electron chi connectivity index (χ2n) is 3.12. The molecule has 0 aromatic heterocycles. The van der Waals surface area contributed by atoms with E-state index in [2.05, 4.69) is 15.9 Å². The first-order valence-electron chi connectivity index (χ1n) is 4.63. The van der Waals surface area contributed by atoms with Crippen molar-refractivity contribution in [3.8, 4) is 0 Å². The molecule has 82 valence electrons. The Morgan fingerprint density at radius 3 is 2.80 bits per heavy atom. The van der Waals surface area contributed by atoms with E-state index in [1.165, 1.54) is 0 Å². The predicted molar refractivity (Wildman–Crippen MR) is 64.1 cm³/mol. The molecule has 0 N–H and O–H groups in total. The Labute approximate surface area is 103 Å². The minimum absolute atomic E-state index is 0.345. The van der Waals surface area contributed by atoms with E-state index in [0.29, 0.717) is 6.61 Å². The summed E-state index contributed by atoms with van der Waals surface area (Å²) in [5.74, 6) is -0.402. The lowest BCUT2D eigenvalue weighted by atomic mass is 10.1. The minimum atomic E-state index is -0.725. The van der Waals surface area contributed by atoms with Crippen LogP contribution in [0, 0.1) is 6.92 Å². The first-order chi connectivity index (χ1) is 7.06. The zero-order valence-electron chi connectivity index (χ0n) is 8.59. The van der Waals surface area contributed by atoms with Crippen LogP contribution in [-0.2, 0) is 9.53 Å². The molecule has 0 heterocycles. The van der Waals surface area contributed by atoms with Crippen LogP contribution in [0.5, 0.6) is 0 Å². The fourth-order valence-electron chi connectivity index (χ4n) is 1.18. The van der Waals surface area contributed by atoms with Crippen molar-refractivity contribution in [3.63, 3.8) is 0 Å². The van der Waals surface area contributed by atoms with Gasteiger partial charge in [-0.05, 0) is 31.0 Å². The summed E-state index contributed by atoms with van der Waals surface area (Å²) in [6.45, 7) is 4.05. The Balaban J connectivity index is 2.86. The van der Waals surface area contributed by atoms with Gasteiger partial charge in [0.25, 0.3) is 0 Å². The minimum Gasteiger partial charge on any atom is -0.465 e. The van der Waals surface area contributed by atoms with Gasteiger partial charge in [0.15, 0.2) is 5.38 Å². The fourth-order valence-corrected chi connectivity index (χ4v) is 1.62. The molecule has 4 heteroatoms. The number of esters is 1. The van der Waals surface area contributed by atoms with Crippen LogP contribution in [0.2, 0.25) is 0 Å². The zero-order chi connectivity index (χ0) is 11.4. The Hall–Kier alpha value is -0.540. The van der Waals surface area contributed by atoms with Gasteiger partial charge in [-0.3, -0.25) is 4.79 Å². The summed E-state index contributed by atoms with van der Waals surface area (Å²) < 4.78 is 5.84. The first-order valence-corrected chi connectivity index (χ1v) is 5.86. The maximum Gasteiger partial charge on any atom is 0.328 e. The number of hydrogen-bond donors (Lipinski definition) is 0. The lowest BCUT2D eigenvalue weighted by molar-refractivity contribution is -0.142. The first kappa shape index (κ1) is 12.5. The summed E-state index contributed by atoms with van der Waals surface area (Å²) in [5, 5.41) is -0.725. The van der Waals surface area contributed by atoms with E-state index in [4.69, 9.17) is 16.3 Å². The van der Waals surface area contributed by atoms with Gasteiger partial charge >= 0.3 is 5.97 Å². The SMILES string of the molecule is CCOC(=O)C(Cl)c1ccc(Br)c(C)c1. The number of carbonyl (C=O) groups excluding carboxylic acids is 1. The van der Waals surface area contributed by atoms with Gasteiger partial charge in [0, 0.05) is 4.47 Å². The lowest BCUT2D eigenvalue weighted by Crippen LogP contribution is -2.11. The van der Waals surface area contributed by atoms with E-state index in [0.717, 1.165) is 15.6 Å². The molecule has 0 saturated carbocycles. The Morgan fingerprint density at radius 2 is 2.27 bits per heavy atom. The summed E-state index contributed by atoms with van der Waals surface area (Å²) >= 11 is 9.36. The highest BCUT2D eigenvalue weighted by atomic mass is 79.9. The molecule has 0 aliphatic rings. The summed E-state index contributed by atoms with van der Waals surface area (Å²) in [4.78, 5) is 11.4. The van der Waals surface area contributed by atoms with Gasteiger partial charge in [-0.15, -0.1) is 11.6 Å². The third-order valence-electron chi connectivity index (χ3n) is 1.97. The molecule has 1 aromatic carbocycles. The molecule has 0 radical (unpaired) electrons. The third kappa shape index (κ3) is 3.21. The monoisotopic (exact) mass is 290 g/mol. The summed E-state index contributed by atoms with van der Waals surface area (Å²) in [6, 6.07) is 5.56. The van der Waals surface area contributed by atoms with Crippen LogP contribution in [0.15, 0.2) is 22.7 Å². The van der Waals surface area contributed by atoms with E-state index >= 15 is 0 Å². The van der Waals surface area contributed by atoms with Crippen LogP contribution in [0.25, 0.3) is 0 Å². The highest BCUT2D eigenvalue weighted by Crippen LogP contribution is 2.26. The van der Waals surface area contributed by atoms with Gasteiger partial charge in [-0.1, -0.05) is 28.1 Å². The summed E-state index contributed by atoms with van der Waals surface area (Å²) in [5.41, 5.74) is 1.80. The van der Waals surface area contributed by atoms with Crippen molar-refractivity contribution in [1.82, 2.24) is 0 Å². The van der Waals surface area contributed by atoms with Crippen molar-refractivity contribution < 1.29 is 9.53 Å². The maximum absolute atomic E-state index is 11.4. The van der Waals surface area contributed by atoms with E-state index < -0.39 is 11.3 Å². The average Bonchev–Trinajstić information content (AvgIpc) is 2.21. The van der Waals surface area contributed by atoms with E-state index in [1.807, 2.05) is 25.1 Å². The van der Waals surface area contributed by atoms with E-state index in [-0.39, 0.29) is 0 Å². The zero-order valence-corrected chi connectivity index (χ0v) is 10.9. The van der Waals surface area contributed by atoms with Crippen LogP contribution in [-0.4, -0.2) is 12.6 Å². The second-order valence-corrected chi connectivity index (χ2v) is 4.41. The molecule has 0 fully saturated rings. The molecule has 0 bridgehead atoms. The Bertz CT molecular complexity index is 366. The van der Waals surface area contributed by atoms with Crippen LogP contribution in [0.3, 0.4) is 0 Å². The van der Waals surface area contributed by atoms with Crippen molar-refractivity contribution in [3.05, 3.63) is 33.8 Å². The van der Waals surface area contributed by atoms with Gasteiger partial charge in [0.2, 0.25) is 0 Å². The molecule has 0 aliphatic carbocycles. The van der Waals surface area contributed by atoms with Crippen molar-refractivity contribution in [2.45, 2.75) is 19.2 Å². The van der Waals surface area contributed by atoms with Crippen LogP contribution >= 0.6 is 27.5 Å². The van der Waals surface area contributed by atoms with Gasteiger partial charge in [-0.25, -0.2) is 0 Å². The van der Waals surface area contributed by atoms with Crippen LogP contribution < -0.4 is 0 Å². The van der Waals surface area contributed by atoms with Gasteiger partial charge in [-0.2, -0.15) is 0 Å². The predicted octanol–water partition coefficient (Wildman–Crippen LogP) is 3.60. The molecule has 1 aromatic rings. The maximum atomic E-state index is 11.4. The molecule has 1 atom stereocenters. The van der Waals surface area contributed by atoms with Crippen molar-refractivity contribution >= 4 is 33.5 Å². The Morgan fingerprint density at radius 1 is 1.60 bits per heavy atom. The highest BCUT2D eigenvalue weighted by Gasteiger charge is 2.18. The molecular formula is C11H12BrClO2. The quantitative estimate of drug-likeness (QED) is 0.628. The number of carbonyl (C=O) groups is 1. The molecule has 1 rings (SSSR count). The number of halogens is 2. The number of rotatable bonds is 3. The van der Waals surface area contributed by atoms with E-state index in [9.17, 15) is 4.79 Å². The molecule has 15 heavy (non-hydrogen) atoms. The third-order valence-corrected chi connectivity index (χ3v) is 3.29. The molecule has 0 amide bonds. The standard InChI is InChI=1S/C11H12BrClO2/c1-3-15-11(14)10(13)8-4-5-9(12)7(2)6-8/h4-6,10H,3H2,1-2H3. The van der Waals surface area contributed by atoms with Gasteiger partial charge < -0.3 is 4.74 Å².